The molecule has 0 saturated carbocycles. The summed E-state index contributed by atoms with van der Waals surface area (Å²) in [6.45, 7) is 0. The summed E-state index contributed by atoms with van der Waals surface area (Å²) >= 11 is 0. The molecule has 0 amide bonds. The number of rotatable bonds is 4. The van der Waals surface area contributed by atoms with Gasteiger partial charge in [0.2, 0.25) is 0 Å². The minimum absolute atomic E-state index is 0.828. The summed E-state index contributed by atoms with van der Waals surface area (Å²) in [5, 5.41) is 0. The maximum absolute atomic E-state index is 6.60. The summed E-state index contributed by atoms with van der Waals surface area (Å²) in [5.74, 6) is 6.60. The summed E-state index contributed by atoms with van der Waals surface area (Å²) in [4.78, 5) is 10.4. The van der Waals surface area contributed by atoms with Gasteiger partial charge in [-0.3, -0.25) is 4.68 Å². The van der Waals surface area contributed by atoms with E-state index in [-0.39, 0.29) is 0 Å². The number of nitrogens with zero attached hydrogens (tertiary/aromatic N) is 4. The SMILES string of the molecule is Nn1c2ccc1cc1nc(c(-c3ccccc3)c3c(-c4ccccc4)c(-c4ccccc4)c(cc4nc(c2)C=C4)n3-c2ccccc2)C=C1. The molecule has 8 bridgehead atoms. The van der Waals surface area contributed by atoms with Crippen molar-refractivity contribution in [2.75, 3.05) is 5.84 Å². The minimum Gasteiger partial charge on any atom is -0.339 e. The monoisotopic (exact) mass is 629 g/mol. The number of hydrogen-bond donors (Lipinski definition) is 1. The van der Waals surface area contributed by atoms with E-state index < -0.39 is 0 Å². The second kappa shape index (κ2) is 11.8. The molecule has 0 radical (unpaired) electrons. The van der Waals surface area contributed by atoms with Gasteiger partial charge in [0.05, 0.1) is 44.8 Å². The van der Waals surface area contributed by atoms with E-state index in [0.29, 0.717) is 0 Å². The Bertz CT molecular complexity index is 2580. The molecule has 49 heavy (non-hydrogen) atoms. The van der Waals surface area contributed by atoms with Crippen molar-refractivity contribution >= 4 is 46.4 Å². The molecule has 5 heterocycles. The van der Waals surface area contributed by atoms with Gasteiger partial charge in [0.25, 0.3) is 0 Å². The number of para-hydroxylation sites is 1. The maximum Gasteiger partial charge on any atom is 0.0737 e. The molecule has 9 rings (SSSR count). The second-order valence-electron chi connectivity index (χ2n) is 12.2. The van der Waals surface area contributed by atoms with Crippen LogP contribution in [0, 0.1) is 0 Å². The number of aromatic nitrogens is 4. The summed E-state index contributed by atoms with van der Waals surface area (Å²) in [6, 6.07) is 52.8. The fourth-order valence-electron chi connectivity index (χ4n) is 6.91. The molecule has 2 aliphatic heterocycles. The van der Waals surface area contributed by atoms with Crippen molar-refractivity contribution in [3.05, 3.63) is 174 Å². The molecule has 0 unspecified atom stereocenters. The van der Waals surface area contributed by atoms with E-state index >= 15 is 0 Å². The molecule has 7 aromatic rings. The molecule has 4 aromatic carbocycles. The van der Waals surface area contributed by atoms with E-state index in [4.69, 9.17) is 15.8 Å². The van der Waals surface area contributed by atoms with E-state index in [0.717, 1.165) is 83.9 Å². The van der Waals surface area contributed by atoms with Crippen LogP contribution >= 0.6 is 0 Å². The van der Waals surface area contributed by atoms with Crippen LogP contribution in [0.1, 0.15) is 22.8 Å². The first-order valence-electron chi connectivity index (χ1n) is 16.4. The van der Waals surface area contributed by atoms with Crippen LogP contribution < -0.4 is 5.84 Å². The van der Waals surface area contributed by atoms with E-state index in [9.17, 15) is 0 Å². The molecule has 0 spiro atoms. The molecule has 3 aromatic heterocycles. The zero-order valence-electron chi connectivity index (χ0n) is 26.6. The molecule has 0 aliphatic carbocycles. The Morgan fingerprint density at radius 3 is 1.49 bits per heavy atom. The topological polar surface area (TPSA) is 61.7 Å². The van der Waals surface area contributed by atoms with Crippen LogP contribution in [0.25, 0.3) is 85.4 Å². The summed E-state index contributed by atoms with van der Waals surface area (Å²) in [5.41, 5.74) is 14.8. The molecular formula is C44H31N5. The van der Waals surface area contributed by atoms with Gasteiger partial charge in [0, 0.05) is 22.4 Å². The van der Waals surface area contributed by atoms with Crippen LogP contribution in [0.15, 0.2) is 152 Å². The number of nitrogen functional groups attached to an aromatic ring is 1. The Morgan fingerprint density at radius 1 is 0.429 bits per heavy atom. The Kier molecular flexibility index (Phi) is 6.87. The fraction of sp³-hybridized carbons (Fsp3) is 0. The highest BCUT2D eigenvalue weighted by Crippen LogP contribution is 2.47. The standard InChI is InChI=1S/C44H31N5/c45-49-37-24-25-38(49)28-34-23-26-39(47-34)41(30-13-5-1-6-14-30)44-43(32-17-9-3-10-18-32)42(31-15-7-2-8-16-31)40(29-35-22-21-33(27-37)46-35)48(44)36-19-11-4-12-20-36/h1-29H,45H2. The van der Waals surface area contributed by atoms with Gasteiger partial charge in [-0.05, 0) is 83.5 Å². The summed E-state index contributed by atoms with van der Waals surface area (Å²) < 4.78 is 4.08. The molecule has 5 nitrogen and oxygen atoms in total. The van der Waals surface area contributed by atoms with E-state index in [2.05, 4.69) is 150 Å². The zero-order valence-corrected chi connectivity index (χ0v) is 26.6. The molecular weight excluding hydrogens is 599 g/mol. The Balaban J connectivity index is 1.61. The first-order chi connectivity index (χ1) is 24.2. The highest BCUT2D eigenvalue weighted by atomic mass is 15.3. The van der Waals surface area contributed by atoms with Gasteiger partial charge < -0.3 is 10.4 Å². The lowest BCUT2D eigenvalue weighted by molar-refractivity contribution is 1.11. The summed E-state index contributed by atoms with van der Waals surface area (Å²) in [6.07, 6.45) is 8.31. The predicted octanol–water partition coefficient (Wildman–Crippen LogP) is 10.3. The van der Waals surface area contributed by atoms with Crippen molar-refractivity contribution in [2.45, 2.75) is 0 Å². The molecule has 5 heteroatoms. The number of fused-ring (bicyclic) bond motifs is 8. The highest BCUT2D eigenvalue weighted by Gasteiger charge is 2.25. The van der Waals surface area contributed by atoms with Crippen molar-refractivity contribution < 1.29 is 0 Å². The maximum atomic E-state index is 6.60. The van der Waals surface area contributed by atoms with E-state index in [1.807, 2.05) is 30.3 Å². The quantitative estimate of drug-likeness (QED) is 0.197. The molecule has 0 atom stereocenters. The van der Waals surface area contributed by atoms with Gasteiger partial charge in [-0.2, -0.15) is 0 Å². The third-order valence-corrected chi connectivity index (χ3v) is 9.10. The number of benzene rings is 4. The lowest BCUT2D eigenvalue weighted by atomic mass is 9.93. The van der Waals surface area contributed by atoms with Crippen molar-refractivity contribution in [2.24, 2.45) is 0 Å². The van der Waals surface area contributed by atoms with Crippen LogP contribution in [-0.2, 0) is 0 Å². The van der Waals surface area contributed by atoms with Crippen LogP contribution in [-0.4, -0.2) is 19.2 Å². The van der Waals surface area contributed by atoms with Gasteiger partial charge in [0.1, 0.15) is 0 Å². The van der Waals surface area contributed by atoms with Crippen LogP contribution in [0.2, 0.25) is 0 Å². The van der Waals surface area contributed by atoms with Crippen LogP contribution in [0.5, 0.6) is 0 Å². The van der Waals surface area contributed by atoms with Crippen molar-refractivity contribution in [1.29, 1.82) is 0 Å². The largest absolute Gasteiger partial charge is 0.339 e. The highest BCUT2D eigenvalue weighted by molar-refractivity contribution is 6.10. The zero-order chi connectivity index (χ0) is 32.7. The van der Waals surface area contributed by atoms with Gasteiger partial charge >= 0.3 is 0 Å². The van der Waals surface area contributed by atoms with Gasteiger partial charge in [-0.25, -0.2) is 9.97 Å². The first kappa shape index (κ1) is 28.5. The number of nitrogens with two attached hydrogens (primary N) is 1. The Morgan fingerprint density at radius 2 is 0.898 bits per heavy atom. The third kappa shape index (κ3) is 5.05. The van der Waals surface area contributed by atoms with Crippen LogP contribution in [0.3, 0.4) is 0 Å². The third-order valence-electron chi connectivity index (χ3n) is 9.10. The lowest BCUT2D eigenvalue weighted by Crippen LogP contribution is -2.06. The van der Waals surface area contributed by atoms with Crippen LogP contribution in [0.4, 0.5) is 0 Å². The molecule has 232 valence electrons. The molecule has 2 aliphatic rings. The number of hydrogen-bond acceptors (Lipinski definition) is 3. The smallest absolute Gasteiger partial charge is 0.0737 e. The van der Waals surface area contributed by atoms with Crippen molar-refractivity contribution in [3.8, 4) is 39.1 Å². The molecule has 0 fully saturated rings. The average Bonchev–Trinajstić information content (AvgIpc) is 3.95. The first-order valence-corrected chi connectivity index (χ1v) is 16.4. The Hall–Kier alpha value is -6.72. The normalized spacial score (nSPS) is 12.0. The molecule has 2 N–H and O–H groups in total. The van der Waals surface area contributed by atoms with Gasteiger partial charge in [0.15, 0.2) is 0 Å². The lowest BCUT2D eigenvalue weighted by Gasteiger charge is -2.13. The van der Waals surface area contributed by atoms with Gasteiger partial charge in [-0.15, -0.1) is 0 Å². The van der Waals surface area contributed by atoms with Gasteiger partial charge in [-0.1, -0.05) is 109 Å². The predicted molar refractivity (Wildman–Crippen MR) is 204 cm³/mol. The second-order valence-corrected chi connectivity index (χ2v) is 12.2. The van der Waals surface area contributed by atoms with E-state index in [1.165, 1.54) is 0 Å². The average molecular weight is 630 g/mol. The van der Waals surface area contributed by atoms with E-state index in [1.54, 1.807) is 4.68 Å². The minimum atomic E-state index is 0.828. The van der Waals surface area contributed by atoms with Crippen molar-refractivity contribution in [3.63, 3.8) is 0 Å². The summed E-state index contributed by atoms with van der Waals surface area (Å²) in [7, 11) is 0. The Labute approximate surface area is 284 Å². The molecule has 0 saturated heterocycles. The van der Waals surface area contributed by atoms with Crippen molar-refractivity contribution in [1.82, 2.24) is 19.2 Å². The fourth-order valence-corrected chi connectivity index (χ4v) is 6.91.